The van der Waals surface area contributed by atoms with Crippen molar-refractivity contribution in [1.82, 2.24) is 0 Å². The van der Waals surface area contributed by atoms with Crippen LogP contribution >= 0.6 is 35.0 Å². The summed E-state index contributed by atoms with van der Waals surface area (Å²) in [4.78, 5) is 11.7. The predicted octanol–water partition coefficient (Wildman–Crippen LogP) is 5.95. The maximum atomic E-state index is 11.7. The Morgan fingerprint density at radius 2 is 2.09 bits per heavy atom. The van der Waals surface area contributed by atoms with Gasteiger partial charge < -0.3 is 0 Å². The van der Waals surface area contributed by atoms with Crippen molar-refractivity contribution in [3.8, 4) is 0 Å². The van der Waals surface area contributed by atoms with Crippen LogP contribution in [-0.2, 0) is 16.0 Å². The Kier molecular flexibility index (Phi) is 6.06. The summed E-state index contributed by atoms with van der Waals surface area (Å²) in [6.07, 6.45) is 5.10. The molecule has 1 aromatic rings. The molecular formula is C17H18Cl2N2OS. The summed E-state index contributed by atoms with van der Waals surface area (Å²) in [6.45, 7) is 6.43. The fraction of sp³-hybridized carbons (Fsp3) is 0.353. The smallest absolute Gasteiger partial charge is 0.269 e. The fourth-order valence-electron chi connectivity index (χ4n) is 2.30. The van der Waals surface area contributed by atoms with Crippen molar-refractivity contribution in [2.24, 2.45) is 10.2 Å². The minimum atomic E-state index is -0.289. The zero-order chi connectivity index (χ0) is 17.0. The number of hydrogen-bond donors (Lipinski definition) is 0. The van der Waals surface area contributed by atoms with E-state index < -0.39 is 0 Å². The van der Waals surface area contributed by atoms with Gasteiger partial charge in [0.1, 0.15) is 5.25 Å². The van der Waals surface area contributed by atoms with E-state index >= 15 is 0 Å². The molecule has 2 rings (SSSR count). The second kappa shape index (κ2) is 7.65. The highest BCUT2D eigenvalue weighted by Gasteiger charge is 2.22. The van der Waals surface area contributed by atoms with Gasteiger partial charge >= 0.3 is 0 Å². The van der Waals surface area contributed by atoms with E-state index in [0.29, 0.717) is 10.8 Å². The van der Waals surface area contributed by atoms with E-state index in [-0.39, 0.29) is 16.6 Å². The first-order chi connectivity index (χ1) is 10.8. The Bertz CT molecular complexity index is 691. The average Bonchev–Trinajstić information content (AvgIpc) is 2.48. The third kappa shape index (κ3) is 4.69. The van der Waals surface area contributed by atoms with Gasteiger partial charge in [-0.25, -0.2) is 0 Å². The van der Waals surface area contributed by atoms with Gasteiger partial charge in [-0.3, -0.25) is 4.79 Å². The molecule has 1 aliphatic rings. The molecule has 0 fully saturated rings. The lowest BCUT2D eigenvalue weighted by Crippen LogP contribution is -2.17. The zero-order valence-corrected chi connectivity index (χ0v) is 15.5. The van der Waals surface area contributed by atoms with Gasteiger partial charge in [0, 0.05) is 22.5 Å². The number of rotatable bonds is 4. The normalized spacial score (nSPS) is 18.1. The summed E-state index contributed by atoms with van der Waals surface area (Å²) in [5.74, 6) is 0.466. The van der Waals surface area contributed by atoms with Crippen molar-refractivity contribution < 1.29 is 4.79 Å². The molecule has 0 spiro atoms. The van der Waals surface area contributed by atoms with Crippen molar-refractivity contribution in [3.05, 3.63) is 51.7 Å². The summed E-state index contributed by atoms with van der Waals surface area (Å²) in [5.41, 5.74) is 4.57. The molecule has 3 nitrogen and oxygen atoms in total. The Morgan fingerprint density at radius 3 is 2.70 bits per heavy atom. The van der Waals surface area contributed by atoms with Crippen molar-refractivity contribution in [1.29, 1.82) is 0 Å². The van der Waals surface area contributed by atoms with E-state index in [4.69, 9.17) is 23.2 Å². The van der Waals surface area contributed by atoms with Crippen LogP contribution in [0.3, 0.4) is 0 Å². The van der Waals surface area contributed by atoms with E-state index in [1.807, 2.05) is 12.1 Å². The maximum absolute atomic E-state index is 11.7. The van der Waals surface area contributed by atoms with Gasteiger partial charge in [0.25, 0.3) is 5.91 Å². The molecule has 1 aliphatic heterocycles. The molecule has 0 bridgehead atoms. The van der Waals surface area contributed by atoms with E-state index in [1.54, 1.807) is 18.4 Å². The van der Waals surface area contributed by atoms with Crippen LogP contribution in [-0.4, -0.2) is 11.2 Å². The standard InChI is InChI=1S/C17H18Cl2N2OS/c1-17(2,3)13-9-14(19)11(4-6-18)8-12(13)10-23-15-5-7-20-21-16(15)22/h4-9,15H,10H2,1-3H3/b6-4+. The van der Waals surface area contributed by atoms with E-state index in [9.17, 15) is 4.79 Å². The van der Waals surface area contributed by atoms with Gasteiger partial charge in [0.15, 0.2) is 0 Å². The second-order valence-electron chi connectivity index (χ2n) is 6.20. The van der Waals surface area contributed by atoms with Gasteiger partial charge in [-0.2, -0.15) is 5.11 Å². The summed E-state index contributed by atoms with van der Waals surface area (Å²) in [6, 6.07) is 4.02. The van der Waals surface area contributed by atoms with Crippen molar-refractivity contribution >= 4 is 46.9 Å². The number of carbonyl (C=O) groups excluding carboxylic acids is 1. The molecule has 1 amide bonds. The predicted molar refractivity (Wildman–Crippen MR) is 99.1 cm³/mol. The maximum Gasteiger partial charge on any atom is 0.281 e. The van der Waals surface area contributed by atoms with Crippen molar-refractivity contribution in [2.75, 3.05) is 0 Å². The third-order valence-corrected chi connectivity index (χ3v) is 5.07. The molecule has 1 aromatic carbocycles. The molecule has 6 heteroatoms. The molecule has 1 heterocycles. The minimum absolute atomic E-state index is 0.0468. The topological polar surface area (TPSA) is 41.8 Å². The number of thioether (sulfide) groups is 1. The van der Waals surface area contributed by atoms with Crippen LogP contribution < -0.4 is 0 Å². The van der Waals surface area contributed by atoms with Crippen LogP contribution in [0.2, 0.25) is 5.02 Å². The minimum Gasteiger partial charge on any atom is -0.269 e. The quantitative estimate of drug-likeness (QED) is 0.658. The Hall–Kier alpha value is -1.10. The molecule has 1 atom stereocenters. The molecule has 0 saturated carbocycles. The average molecular weight is 369 g/mol. The van der Waals surface area contributed by atoms with Crippen LogP contribution in [0.1, 0.15) is 37.5 Å². The van der Waals surface area contributed by atoms with E-state index in [2.05, 4.69) is 31.0 Å². The van der Waals surface area contributed by atoms with E-state index in [0.717, 1.165) is 16.7 Å². The van der Waals surface area contributed by atoms with Crippen LogP contribution in [0.5, 0.6) is 0 Å². The lowest BCUT2D eigenvalue weighted by atomic mass is 9.83. The number of amides is 1. The first-order valence-corrected chi connectivity index (χ1v) is 9.02. The van der Waals surface area contributed by atoms with Crippen LogP contribution in [0.4, 0.5) is 0 Å². The number of hydrogen-bond acceptors (Lipinski definition) is 3. The van der Waals surface area contributed by atoms with Gasteiger partial charge in [-0.05, 0) is 46.4 Å². The van der Waals surface area contributed by atoms with Crippen molar-refractivity contribution in [3.63, 3.8) is 0 Å². The molecule has 23 heavy (non-hydrogen) atoms. The first kappa shape index (κ1) is 18.2. The summed E-state index contributed by atoms with van der Waals surface area (Å²) in [5, 5.41) is 7.58. The van der Waals surface area contributed by atoms with Gasteiger partial charge in [0.2, 0.25) is 0 Å². The molecule has 122 valence electrons. The summed E-state index contributed by atoms with van der Waals surface area (Å²) >= 11 is 13.6. The molecule has 0 saturated heterocycles. The zero-order valence-electron chi connectivity index (χ0n) is 13.2. The van der Waals surface area contributed by atoms with Crippen LogP contribution in [0, 0.1) is 0 Å². The Labute approximate surface area is 150 Å². The highest BCUT2D eigenvalue weighted by molar-refractivity contribution is 8.00. The van der Waals surface area contributed by atoms with Crippen LogP contribution in [0.25, 0.3) is 6.08 Å². The van der Waals surface area contributed by atoms with Gasteiger partial charge in [-0.15, -0.1) is 16.9 Å². The lowest BCUT2D eigenvalue weighted by molar-refractivity contribution is -0.117. The number of benzene rings is 1. The largest absolute Gasteiger partial charge is 0.281 e. The van der Waals surface area contributed by atoms with Crippen LogP contribution in [0.15, 0.2) is 40.2 Å². The third-order valence-electron chi connectivity index (χ3n) is 3.42. The molecule has 0 aliphatic carbocycles. The Morgan fingerprint density at radius 1 is 1.35 bits per heavy atom. The molecule has 0 N–H and O–H groups in total. The molecular weight excluding hydrogens is 351 g/mol. The lowest BCUT2D eigenvalue weighted by Gasteiger charge is -2.24. The summed E-state index contributed by atoms with van der Waals surface area (Å²) in [7, 11) is 0. The number of nitrogens with zero attached hydrogens (tertiary/aromatic N) is 2. The van der Waals surface area contributed by atoms with Gasteiger partial charge in [-0.1, -0.05) is 44.0 Å². The van der Waals surface area contributed by atoms with Crippen molar-refractivity contribution in [2.45, 2.75) is 37.2 Å². The second-order valence-corrected chi connectivity index (χ2v) is 7.99. The monoisotopic (exact) mass is 368 g/mol. The number of halogens is 2. The first-order valence-electron chi connectivity index (χ1n) is 7.15. The SMILES string of the molecule is CC(C)(C)c1cc(Cl)c(/C=C/Cl)cc1CSC1C=CN=NC1=O. The number of carbonyl (C=O) groups is 1. The molecule has 0 aromatic heterocycles. The highest BCUT2D eigenvalue weighted by Crippen LogP contribution is 2.34. The fourth-order valence-corrected chi connectivity index (χ4v) is 3.63. The summed E-state index contributed by atoms with van der Waals surface area (Å²) < 4.78 is 0. The molecule has 0 radical (unpaired) electrons. The van der Waals surface area contributed by atoms with Gasteiger partial charge in [0.05, 0.1) is 0 Å². The van der Waals surface area contributed by atoms with E-state index in [1.165, 1.54) is 17.3 Å². The number of azo groups is 1. The molecule has 1 unspecified atom stereocenters. The highest BCUT2D eigenvalue weighted by atomic mass is 35.5. The Balaban J connectivity index is 2.31.